The van der Waals surface area contributed by atoms with Gasteiger partial charge in [-0.1, -0.05) is 6.92 Å². The number of rotatable bonds is 7. The van der Waals surface area contributed by atoms with Gasteiger partial charge in [0.15, 0.2) is 0 Å². The second kappa shape index (κ2) is 6.07. The molecule has 0 unspecified atom stereocenters. The molecule has 5 nitrogen and oxygen atoms in total. The van der Waals surface area contributed by atoms with Crippen molar-refractivity contribution in [3.8, 4) is 0 Å². The van der Waals surface area contributed by atoms with Gasteiger partial charge in [0.25, 0.3) is 0 Å². The van der Waals surface area contributed by atoms with E-state index < -0.39 is 15.8 Å². The van der Waals surface area contributed by atoms with E-state index in [1.54, 1.807) is 0 Å². The fraction of sp³-hybridized carbons (Fsp3) is 0.538. The lowest BCUT2D eigenvalue weighted by Gasteiger charge is -2.19. The lowest BCUT2D eigenvalue weighted by atomic mass is 10.3. The first-order valence-electron chi connectivity index (χ1n) is 6.73. The number of nitrogens with zero attached hydrogens (tertiary/aromatic N) is 1. The van der Waals surface area contributed by atoms with E-state index in [0.29, 0.717) is 12.6 Å². The molecule has 112 valence electrons. The molecule has 0 bridgehead atoms. The van der Waals surface area contributed by atoms with Gasteiger partial charge in [0.05, 0.1) is 0 Å². The fourth-order valence-electron chi connectivity index (χ4n) is 2.17. The summed E-state index contributed by atoms with van der Waals surface area (Å²) < 4.78 is 40.1. The molecule has 1 aliphatic rings. The Bertz CT molecular complexity index is 573. The van der Waals surface area contributed by atoms with Gasteiger partial charge in [0.1, 0.15) is 10.7 Å². The summed E-state index contributed by atoms with van der Waals surface area (Å²) in [6.07, 6.45) is 2.35. The number of sulfonamides is 1. The predicted octanol–water partition coefficient (Wildman–Crippen LogP) is 1.17. The highest BCUT2D eigenvalue weighted by Gasteiger charge is 2.27. The molecule has 0 spiro atoms. The van der Waals surface area contributed by atoms with Crippen LogP contribution in [0.2, 0.25) is 0 Å². The second-order valence-corrected chi connectivity index (χ2v) is 6.68. The highest BCUT2D eigenvalue weighted by molar-refractivity contribution is 7.89. The van der Waals surface area contributed by atoms with Crippen LogP contribution in [-0.4, -0.2) is 39.0 Å². The van der Waals surface area contributed by atoms with Crippen molar-refractivity contribution < 1.29 is 12.8 Å². The van der Waals surface area contributed by atoms with Crippen LogP contribution in [-0.2, 0) is 10.0 Å². The molecule has 0 aromatic heterocycles. The van der Waals surface area contributed by atoms with E-state index in [4.69, 9.17) is 5.73 Å². The third-order valence-corrected chi connectivity index (χ3v) is 4.90. The molecular formula is C13H20FN3O2S. The van der Waals surface area contributed by atoms with Crippen LogP contribution < -0.4 is 10.5 Å². The number of halogens is 1. The summed E-state index contributed by atoms with van der Waals surface area (Å²) in [6.45, 7) is 3.85. The van der Waals surface area contributed by atoms with Gasteiger partial charge in [0.2, 0.25) is 10.0 Å². The van der Waals surface area contributed by atoms with Gasteiger partial charge < -0.3 is 5.73 Å². The van der Waals surface area contributed by atoms with Gasteiger partial charge in [-0.2, -0.15) is 0 Å². The van der Waals surface area contributed by atoms with E-state index >= 15 is 0 Å². The molecule has 20 heavy (non-hydrogen) atoms. The molecule has 0 saturated heterocycles. The van der Waals surface area contributed by atoms with E-state index in [0.717, 1.165) is 12.6 Å². The van der Waals surface area contributed by atoms with Gasteiger partial charge in [0, 0.05) is 24.8 Å². The van der Waals surface area contributed by atoms with Crippen LogP contribution in [0, 0.1) is 5.82 Å². The van der Waals surface area contributed by atoms with Crippen LogP contribution >= 0.6 is 0 Å². The first kappa shape index (κ1) is 15.2. The monoisotopic (exact) mass is 301 g/mol. The molecule has 0 aliphatic heterocycles. The molecule has 1 saturated carbocycles. The van der Waals surface area contributed by atoms with Crippen molar-refractivity contribution in [1.82, 2.24) is 9.62 Å². The summed E-state index contributed by atoms with van der Waals surface area (Å²) in [4.78, 5) is 1.86. The molecule has 0 atom stereocenters. The molecule has 0 amide bonds. The van der Waals surface area contributed by atoms with Crippen molar-refractivity contribution in [3.05, 3.63) is 24.0 Å². The van der Waals surface area contributed by atoms with Crippen molar-refractivity contribution in [2.45, 2.75) is 30.7 Å². The van der Waals surface area contributed by atoms with Gasteiger partial charge in [-0.25, -0.2) is 17.5 Å². The van der Waals surface area contributed by atoms with Crippen LogP contribution in [0.5, 0.6) is 0 Å². The van der Waals surface area contributed by atoms with Crippen molar-refractivity contribution in [2.24, 2.45) is 0 Å². The third-order valence-electron chi connectivity index (χ3n) is 3.41. The minimum Gasteiger partial charge on any atom is -0.399 e. The van der Waals surface area contributed by atoms with Gasteiger partial charge in [-0.3, -0.25) is 4.90 Å². The first-order valence-corrected chi connectivity index (χ1v) is 8.21. The van der Waals surface area contributed by atoms with Gasteiger partial charge >= 0.3 is 0 Å². The van der Waals surface area contributed by atoms with E-state index in [-0.39, 0.29) is 17.1 Å². The van der Waals surface area contributed by atoms with Crippen LogP contribution in [0.3, 0.4) is 0 Å². The molecule has 0 radical (unpaired) electrons. The van der Waals surface area contributed by atoms with Crippen LogP contribution in [0.25, 0.3) is 0 Å². The van der Waals surface area contributed by atoms with E-state index in [1.807, 2.05) is 6.92 Å². The molecular weight excluding hydrogens is 281 g/mol. The number of nitrogens with one attached hydrogen (secondary N) is 1. The van der Waals surface area contributed by atoms with Crippen LogP contribution in [0.15, 0.2) is 23.1 Å². The van der Waals surface area contributed by atoms with Crippen molar-refractivity contribution >= 4 is 15.7 Å². The molecule has 1 aliphatic carbocycles. The summed E-state index contributed by atoms with van der Waals surface area (Å²) in [6, 6.07) is 4.15. The molecule has 3 N–H and O–H groups in total. The topological polar surface area (TPSA) is 75.4 Å². The normalized spacial score (nSPS) is 15.8. The summed E-state index contributed by atoms with van der Waals surface area (Å²) in [7, 11) is -3.82. The second-order valence-electron chi connectivity index (χ2n) is 4.95. The quantitative estimate of drug-likeness (QED) is 0.741. The Kier molecular flexibility index (Phi) is 4.62. The van der Waals surface area contributed by atoms with Crippen molar-refractivity contribution in [1.29, 1.82) is 0 Å². The Morgan fingerprint density at radius 1 is 1.45 bits per heavy atom. The van der Waals surface area contributed by atoms with Crippen molar-refractivity contribution in [2.75, 3.05) is 25.4 Å². The number of hydrogen-bond acceptors (Lipinski definition) is 4. The van der Waals surface area contributed by atoms with E-state index in [9.17, 15) is 12.8 Å². The Morgan fingerprint density at radius 2 is 2.15 bits per heavy atom. The van der Waals surface area contributed by atoms with Crippen molar-refractivity contribution in [3.63, 3.8) is 0 Å². The number of likely N-dealkylation sites (N-methyl/N-ethyl adjacent to an activating group) is 1. The maximum absolute atomic E-state index is 13.6. The largest absolute Gasteiger partial charge is 0.399 e. The molecule has 2 rings (SSSR count). The first-order chi connectivity index (χ1) is 9.44. The average molecular weight is 301 g/mol. The fourth-order valence-corrected chi connectivity index (χ4v) is 3.25. The summed E-state index contributed by atoms with van der Waals surface area (Å²) in [5.41, 5.74) is 5.61. The van der Waals surface area contributed by atoms with E-state index in [2.05, 4.69) is 9.62 Å². The minimum atomic E-state index is -3.82. The van der Waals surface area contributed by atoms with Crippen LogP contribution in [0.1, 0.15) is 19.8 Å². The molecule has 1 aromatic rings. The number of nitrogen functional groups attached to an aromatic ring is 1. The van der Waals surface area contributed by atoms with E-state index in [1.165, 1.54) is 25.0 Å². The smallest absolute Gasteiger partial charge is 0.243 e. The highest BCUT2D eigenvalue weighted by Crippen LogP contribution is 2.26. The zero-order valence-electron chi connectivity index (χ0n) is 11.5. The maximum Gasteiger partial charge on any atom is 0.243 e. The molecule has 7 heteroatoms. The molecule has 0 heterocycles. The SMILES string of the molecule is CCN(CCNS(=O)(=O)c1ccc(N)cc1F)C1CC1. The lowest BCUT2D eigenvalue weighted by Crippen LogP contribution is -2.36. The highest BCUT2D eigenvalue weighted by atomic mass is 32.2. The molecule has 1 fully saturated rings. The Balaban J connectivity index is 1.96. The number of anilines is 1. The zero-order valence-corrected chi connectivity index (χ0v) is 12.3. The Morgan fingerprint density at radius 3 is 2.70 bits per heavy atom. The van der Waals surface area contributed by atoms with Gasteiger partial charge in [-0.15, -0.1) is 0 Å². The zero-order chi connectivity index (χ0) is 14.8. The Hall–Kier alpha value is -1.18. The van der Waals surface area contributed by atoms with Gasteiger partial charge in [-0.05, 0) is 37.6 Å². The average Bonchev–Trinajstić information content (AvgIpc) is 3.18. The standard InChI is InChI=1S/C13H20FN3O2S/c1-2-17(11-4-5-11)8-7-16-20(18,19)13-6-3-10(15)9-12(13)14/h3,6,9,11,16H,2,4-5,7-8,15H2,1H3. The third kappa shape index (κ3) is 3.68. The maximum atomic E-state index is 13.6. The van der Waals surface area contributed by atoms with Crippen LogP contribution in [0.4, 0.5) is 10.1 Å². The number of benzene rings is 1. The summed E-state index contributed by atoms with van der Waals surface area (Å²) in [5.74, 6) is -0.827. The lowest BCUT2D eigenvalue weighted by molar-refractivity contribution is 0.282. The molecule has 1 aromatic carbocycles. The minimum absolute atomic E-state index is 0.201. The number of nitrogens with two attached hydrogens (primary N) is 1. The number of hydrogen-bond donors (Lipinski definition) is 2. The Labute approximate surface area is 119 Å². The predicted molar refractivity (Wildman–Crippen MR) is 76.3 cm³/mol. The summed E-state index contributed by atoms with van der Waals surface area (Å²) >= 11 is 0. The summed E-state index contributed by atoms with van der Waals surface area (Å²) in [5, 5.41) is 0.